The molecule has 1 aliphatic rings. The van der Waals surface area contributed by atoms with Crippen LogP contribution in [0.4, 0.5) is 0 Å². The van der Waals surface area contributed by atoms with Crippen LogP contribution in [-0.4, -0.2) is 35.7 Å². The van der Waals surface area contributed by atoms with Crippen molar-refractivity contribution in [1.29, 1.82) is 0 Å². The Bertz CT molecular complexity index is 1680. The molecular formula is C34H33ClN6O4. The van der Waals surface area contributed by atoms with Gasteiger partial charge in [-0.2, -0.15) is 0 Å². The van der Waals surface area contributed by atoms with Crippen LogP contribution < -0.4 is 15.6 Å². The van der Waals surface area contributed by atoms with Crippen molar-refractivity contribution in [3.63, 3.8) is 0 Å². The van der Waals surface area contributed by atoms with E-state index in [1.807, 2.05) is 84.9 Å². The number of ether oxygens (including phenoxy) is 2. The minimum Gasteiger partial charge on any atom is -0.494 e. The molecule has 0 aliphatic carbocycles. The minimum absolute atomic E-state index is 0.0457. The molecule has 1 heterocycles. The van der Waals surface area contributed by atoms with Crippen LogP contribution in [0.1, 0.15) is 40.3 Å². The van der Waals surface area contributed by atoms with E-state index in [9.17, 15) is 4.79 Å². The lowest BCUT2D eigenvalue weighted by atomic mass is 9.81. The van der Waals surface area contributed by atoms with E-state index in [2.05, 4.69) is 20.9 Å². The minimum atomic E-state index is -1.45. The molecule has 45 heavy (non-hydrogen) atoms. The number of carbonyl (C=O) groups excluding carboxylic acids is 1. The summed E-state index contributed by atoms with van der Waals surface area (Å²) in [6.07, 6.45) is -0.115. The Morgan fingerprint density at radius 1 is 1.00 bits per heavy atom. The third kappa shape index (κ3) is 7.63. The monoisotopic (exact) mass is 624 g/mol. The molecule has 0 unspecified atom stereocenters. The van der Waals surface area contributed by atoms with Gasteiger partial charge in [-0.1, -0.05) is 89.5 Å². The van der Waals surface area contributed by atoms with Crippen molar-refractivity contribution in [2.24, 2.45) is 10.1 Å². The molecule has 2 atom stereocenters. The Labute approximate surface area is 266 Å². The zero-order valence-corrected chi connectivity index (χ0v) is 25.2. The predicted molar refractivity (Wildman–Crippen MR) is 173 cm³/mol. The summed E-state index contributed by atoms with van der Waals surface area (Å²) in [5, 5.41) is 13.4. The van der Waals surface area contributed by atoms with Crippen molar-refractivity contribution >= 4 is 23.4 Å². The zero-order chi connectivity index (χ0) is 31.5. The molecule has 10 nitrogen and oxygen atoms in total. The highest BCUT2D eigenvalue weighted by molar-refractivity contribution is 6.31. The summed E-state index contributed by atoms with van der Waals surface area (Å²) in [7, 11) is 0. The highest BCUT2D eigenvalue weighted by Crippen LogP contribution is 2.43. The second-order valence-electron chi connectivity index (χ2n) is 10.4. The summed E-state index contributed by atoms with van der Waals surface area (Å²) in [6, 6.07) is 31.7. The number of nitrogens with one attached hydrogen (secondary N) is 2. The quantitative estimate of drug-likeness (QED) is 0.0501. The van der Waals surface area contributed by atoms with Crippen LogP contribution in [0.25, 0.3) is 10.4 Å². The van der Waals surface area contributed by atoms with Crippen LogP contribution in [0.5, 0.6) is 5.75 Å². The van der Waals surface area contributed by atoms with Crippen LogP contribution >= 0.6 is 11.6 Å². The molecular weight excluding hydrogens is 592 g/mol. The number of azide groups is 1. The third-order valence-electron chi connectivity index (χ3n) is 7.43. The molecule has 0 saturated carbocycles. The lowest BCUT2D eigenvalue weighted by molar-refractivity contribution is -0.130. The van der Waals surface area contributed by atoms with Crippen LogP contribution in [0, 0.1) is 0 Å². The second-order valence-corrected chi connectivity index (χ2v) is 10.8. The first-order valence-corrected chi connectivity index (χ1v) is 14.9. The molecule has 1 aliphatic heterocycles. The number of aliphatic hydroxyl groups is 1. The molecule has 4 aromatic carbocycles. The van der Waals surface area contributed by atoms with E-state index in [-0.39, 0.29) is 25.5 Å². The number of benzene rings is 4. The third-order valence-corrected chi connectivity index (χ3v) is 7.80. The molecule has 0 fully saturated rings. The van der Waals surface area contributed by atoms with Crippen molar-refractivity contribution in [3.8, 4) is 5.75 Å². The lowest BCUT2D eigenvalue weighted by Crippen LogP contribution is -2.53. The first-order valence-electron chi connectivity index (χ1n) is 14.5. The van der Waals surface area contributed by atoms with Crippen molar-refractivity contribution in [2.45, 2.75) is 37.6 Å². The molecule has 3 N–H and O–H groups in total. The van der Waals surface area contributed by atoms with Crippen LogP contribution in [0.2, 0.25) is 5.02 Å². The number of hydrogen-bond acceptors (Lipinski definition) is 7. The summed E-state index contributed by atoms with van der Waals surface area (Å²) in [5.41, 5.74) is 17.3. The van der Waals surface area contributed by atoms with E-state index in [1.54, 1.807) is 18.2 Å². The Kier molecular flexibility index (Phi) is 10.7. The molecule has 0 saturated heterocycles. The van der Waals surface area contributed by atoms with E-state index in [0.29, 0.717) is 41.5 Å². The van der Waals surface area contributed by atoms with Crippen LogP contribution in [0.3, 0.4) is 0 Å². The Morgan fingerprint density at radius 2 is 1.71 bits per heavy atom. The largest absolute Gasteiger partial charge is 0.494 e. The summed E-state index contributed by atoms with van der Waals surface area (Å²) in [5.74, 6) is 0.526. The second kappa shape index (κ2) is 15.2. The smallest absolute Gasteiger partial charge is 0.266 e. The van der Waals surface area contributed by atoms with Gasteiger partial charge >= 0.3 is 0 Å². The van der Waals surface area contributed by atoms with Crippen molar-refractivity contribution in [3.05, 3.63) is 146 Å². The summed E-state index contributed by atoms with van der Waals surface area (Å²) >= 11 is 6.35. The number of rotatable bonds is 14. The number of halogens is 1. The number of hydrogen-bond donors (Lipinski definition) is 3. The normalized spacial score (nSPS) is 17.1. The van der Waals surface area contributed by atoms with E-state index in [0.717, 1.165) is 16.7 Å². The summed E-state index contributed by atoms with van der Waals surface area (Å²) in [6.45, 7) is 0.804. The van der Waals surface area contributed by atoms with Gasteiger partial charge in [0, 0.05) is 41.5 Å². The predicted octanol–water partition coefficient (Wildman–Crippen LogP) is 6.23. The molecule has 0 spiro atoms. The van der Waals surface area contributed by atoms with Gasteiger partial charge in [-0.3, -0.25) is 10.2 Å². The summed E-state index contributed by atoms with van der Waals surface area (Å²) < 4.78 is 12.3. The van der Waals surface area contributed by atoms with Gasteiger partial charge < -0.3 is 14.6 Å². The molecule has 5 rings (SSSR count). The van der Waals surface area contributed by atoms with Crippen molar-refractivity contribution in [1.82, 2.24) is 10.9 Å². The van der Waals surface area contributed by atoms with Gasteiger partial charge in [0.25, 0.3) is 5.91 Å². The first-order chi connectivity index (χ1) is 22.0. The fraction of sp³-hybridized carbons (Fsp3) is 0.235. The first kappa shape index (κ1) is 31.6. The van der Waals surface area contributed by atoms with Gasteiger partial charge in [-0.25, -0.2) is 10.4 Å². The van der Waals surface area contributed by atoms with E-state index in [4.69, 9.17) is 36.7 Å². The van der Waals surface area contributed by atoms with Gasteiger partial charge in [0.15, 0.2) is 11.6 Å². The van der Waals surface area contributed by atoms with E-state index >= 15 is 0 Å². The van der Waals surface area contributed by atoms with Crippen molar-refractivity contribution in [2.75, 3.05) is 13.2 Å². The lowest BCUT2D eigenvalue weighted by Gasteiger charge is -2.31. The van der Waals surface area contributed by atoms with Gasteiger partial charge in [-0.15, -0.1) is 0 Å². The van der Waals surface area contributed by atoms with Crippen LogP contribution in [0.15, 0.2) is 113 Å². The Morgan fingerprint density at radius 3 is 2.44 bits per heavy atom. The maximum absolute atomic E-state index is 14.4. The highest BCUT2D eigenvalue weighted by Gasteiger charge is 2.53. The average molecular weight is 625 g/mol. The van der Waals surface area contributed by atoms with Gasteiger partial charge in [-0.05, 0) is 58.1 Å². The molecule has 230 valence electrons. The fourth-order valence-corrected chi connectivity index (χ4v) is 5.38. The Balaban J connectivity index is 1.55. The maximum atomic E-state index is 14.4. The SMILES string of the molecule is [N-]=[N+]=NCc1ccccc1[C@@H]1OC(c2ccc(OCCCO)cc2)=N[C@]1(Cc1ccccc1)C(=O)NNCc1ccccc1Cl. The molecule has 4 aromatic rings. The van der Waals surface area contributed by atoms with E-state index in [1.165, 1.54) is 0 Å². The van der Waals surface area contributed by atoms with Gasteiger partial charge in [0.1, 0.15) is 5.75 Å². The van der Waals surface area contributed by atoms with Crippen molar-refractivity contribution < 1.29 is 19.4 Å². The topological polar surface area (TPSA) is 141 Å². The number of aliphatic imine (C=N–C) groups is 1. The van der Waals surface area contributed by atoms with E-state index < -0.39 is 17.6 Å². The molecule has 11 heteroatoms. The zero-order valence-electron chi connectivity index (χ0n) is 24.5. The number of amides is 1. The average Bonchev–Trinajstić information content (AvgIpc) is 3.45. The number of nitrogens with zero attached hydrogens (tertiary/aromatic N) is 4. The number of aliphatic hydroxyl groups excluding tert-OH is 1. The number of carbonyl (C=O) groups is 1. The molecule has 1 amide bonds. The Hall–Kier alpha value is -4.86. The highest BCUT2D eigenvalue weighted by atomic mass is 35.5. The fourth-order valence-electron chi connectivity index (χ4n) is 5.18. The standard InChI is InChI=1S/C34H33ClN6O4/c35-30-14-7-5-12-27(30)23-37-40-33(43)34(21-24-9-2-1-3-10-24)31(29-13-6-4-11-26(29)22-38-41-36)45-32(39-34)25-15-17-28(18-16-25)44-20-8-19-42/h1-7,9-18,31,37,42H,8,19-23H2,(H,40,43)/t31-,34-/m0/s1. The maximum Gasteiger partial charge on any atom is 0.266 e. The molecule has 0 aromatic heterocycles. The molecule has 0 bridgehead atoms. The number of hydrazine groups is 1. The van der Waals surface area contributed by atoms with Gasteiger partial charge in [0.2, 0.25) is 5.90 Å². The summed E-state index contributed by atoms with van der Waals surface area (Å²) in [4.78, 5) is 22.4. The van der Waals surface area contributed by atoms with Gasteiger partial charge in [0.05, 0.1) is 13.2 Å². The van der Waals surface area contributed by atoms with Crippen LogP contribution in [-0.2, 0) is 29.0 Å². The molecule has 0 radical (unpaired) electrons.